The van der Waals surface area contributed by atoms with E-state index in [4.69, 9.17) is 29.9 Å². The highest BCUT2D eigenvalue weighted by Gasteiger charge is 2.35. The van der Waals surface area contributed by atoms with E-state index in [9.17, 15) is 0 Å². The molecule has 1 fully saturated rings. The van der Waals surface area contributed by atoms with Gasteiger partial charge in [0.05, 0.1) is 39.6 Å². The maximum absolute atomic E-state index is 8.96. The minimum Gasteiger partial charge on any atom is -0.396 e. The Morgan fingerprint density at radius 2 is 1.26 bits per heavy atom. The Hall–Kier alpha value is -0.240. The van der Waals surface area contributed by atoms with Gasteiger partial charge in [-0.1, -0.05) is 13.8 Å². The summed E-state index contributed by atoms with van der Waals surface area (Å²) in [5.74, 6) is -0.478. The molecule has 0 radical (unpaired) electrons. The Bertz CT molecular complexity index is 231. The van der Waals surface area contributed by atoms with E-state index < -0.39 is 11.2 Å². The van der Waals surface area contributed by atoms with Crippen molar-refractivity contribution in [1.29, 1.82) is 0 Å². The van der Waals surface area contributed by atoms with E-state index in [2.05, 4.69) is 0 Å². The smallest absolute Gasteiger partial charge is 0.162 e. The molecule has 0 aliphatic carbocycles. The Morgan fingerprint density at radius 1 is 0.895 bits per heavy atom. The van der Waals surface area contributed by atoms with Crippen LogP contribution in [0.5, 0.6) is 0 Å². The summed E-state index contributed by atoms with van der Waals surface area (Å²) < 4.78 is 10.8. The van der Waals surface area contributed by atoms with Gasteiger partial charge in [-0.05, 0) is 13.8 Å². The zero-order valence-electron chi connectivity index (χ0n) is 12.3. The van der Waals surface area contributed by atoms with Crippen LogP contribution in [-0.4, -0.2) is 65.9 Å². The minimum atomic E-state index is -0.708. The third kappa shape index (κ3) is 6.65. The molecule has 6 heteroatoms. The van der Waals surface area contributed by atoms with E-state index in [0.29, 0.717) is 13.2 Å². The van der Waals surface area contributed by atoms with Crippen molar-refractivity contribution in [2.45, 2.75) is 33.5 Å². The fourth-order valence-corrected chi connectivity index (χ4v) is 1.02. The lowest BCUT2D eigenvalue weighted by atomic mass is 9.93. The fourth-order valence-electron chi connectivity index (χ4n) is 1.02. The molecule has 0 bridgehead atoms. The van der Waals surface area contributed by atoms with E-state index in [1.807, 2.05) is 20.8 Å². The molecule has 0 aromatic rings. The van der Waals surface area contributed by atoms with Gasteiger partial charge in [-0.25, -0.2) is 0 Å². The maximum atomic E-state index is 8.96. The van der Waals surface area contributed by atoms with Gasteiger partial charge in [-0.15, -0.1) is 0 Å². The summed E-state index contributed by atoms with van der Waals surface area (Å²) in [4.78, 5) is 0. The molecule has 1 rings (SSSR count). The first-order valence-corrected chi connectivity index (χ1v) is 6.37. The number of aliphatic hydroxyl groups is 4. The van der Waals surface area contributed by atoms with Crippen LogP contribution in [0, 0.1) is 10.8 Å². The lowest BCUT2D eigenvalue weighted by molar-refractivity contribution is -0.286. The zero-order chi connectivity index (χ0) is 15.2. The second kappa shape index (κ2) is 7.52. The molecule has 1 aliphatic rings. The molecule has 6 nitrogen and oxygen atoms in total. The van der Waals surface area contributed by atoms with Crippen molar-refractivity contribution in [3.8, 4) is 0 Å². The molecule has 0 aromatic heterocycles. The van der Waals surface area contributed by atoms with Crippen LogP contribution in [0.4, 0.5) is 0 Å². The van der Waals surface area contributed by atoms with Gasteiger partial charge in [0, 0.05) is 10.8 Å². The highest BCUT2D eigenvalue weighted by atomic mass is 16.7. The second-order valence-corrected chi connectivity index (χ2v) is 6.23. The van der Waals surface area contributed by atoms with Crippen LogP contribution in [0.25, 0.3) is 0 Å². The fraction of sp³-hybridized carbons (Fsp3) is 1.00. The molecule has 0 saturated carbocycles. The highest BCUT2D eigenvalue weighted by molar-refractivity contribution is 4.78. The molecule has 19 heavy (non-hydrogen) atoms. The lowest BCUT2D eigenvalue weighted by Gasteiger charge is -2.40. The van der Waals surface area contributed by atoms with Crippen molar-refractivity contribution < 1.29 is 29.9 Å². The van der Waals surface area contributed by atoms with Crippen LogP contribution >= 0.6 is 0 Å². The van der Waals surface area contributed by atoms with Crippen molar-refractivity contribution in [1.82, 2.24) is 0 Å². The molecule has 1 heterocycles. The number of aliphatic hydroxyl groups excluding tert-OH is 4. The van der Waals surface area contributed by atoms with Crippen LogP contribution in [0.15, 0.2) is 0 Å². The maximum Gasteiger partial charge on any atom is 0.162 e. The molecule has 4 N–H and O–H groups in total. The first-order chi connectivity index (χ1) is 8.66. The van der Waals surface area contributed by atoms with E-state index in [-0.39, 0.29) is 31.8 Å². The summed E-state index contributed by atoms with van der Waals surface area (Å²) in [6, 6.07) is 0. The predicted molar refractivity (Wildman–Crippen MR) is 70.5 cm³/mol. The Morgan fingerprint density at radius 3 is 1.47 bits per heavy atom. The normalized spacial score (nSPS) is 21.5. The third-order valence-corrected chi connectivity index (χ3v) is 3.06. The quantitative estimate of drug-likeness (QED) is 0.566. The Labute approximate surface area is 115 Å². The van der Waals surface area contributed by atoms with Gasteiger partial charge < -0.3 is 29.9 Å². The van der Waals surface area contributed by atoms with Crippen LogP contribution < -0.4 is 0 Å². The summed E-state index contributed by atoms with van der Waals surface area (Å²) in [7, 11) is 0. The van der Waals surface area contributed by atoms with Crippen LogP contribution in [0.3, 0.4) is 0 Å². The van der Waals surface area contributed by atoms with Gasteiger partial charge in [0.2, 0.25) is 0 Å². The van der Waals surface area contributed by atoms with Crippen molar-refractivity contribution in [2.75, 3.05) is 39.6 Å². The average molecular weight is 280 g/mol. The van der Waals surface area contributed by atoms with Crippen LogP contribution in [0.2, 0.25) is 0 Å². The summed E-state index contributed by atoms with van der Waals surface area (Å²) >= 11 is 0. The molecule has 0 spiro atoms. The minimum absolute atomic E-state index is 0.114. The summed E-state index contributed by atoms with van der Waals surface area (Å²) in [5.41, 5.74) is -0.921. The van der Waals surface area contributed by atoms with E-state index in [1.54, 1.807) is 6.92 Å². The Balaban J connectivity index is 0.000000362. The topological polar surface area (TPSA) is 99.4 Å². The second-order valence-electron chi connectivity index (χ2n) is 6.23. The molecule has 1 aliphatic heterocycles. The summed E-state index contributed by atoms with van der Waals surface area (Å²) in [5, 5.41) is 34.4. The van der Waals surface area contributed by atoms with E-state index >= 15 is 0 Å². The number of hydrogen-bond donors (Lipinski definition) is 4. The highest BCUT2D eigenvalue weighted by Crippen LogP contribution is 2.28. The van der Waals surface area contributed by atoms with Gasteiger partial charge in [0.25, 0.3) is 0 Å². The van der Waals surface area contributed by atoms with Crippen molar-refractivity contribution in [2.24, 2.45) is 10.8 Å². The third-order valence-electron chi connectivity index (χ3n) is 3.06. The molecular formula is C13H28O6. The summed E-state index contributed by atoms with van der Waals surface area (Å²) in [6.07, 6.45) is 0. The molecule has 0 aromatic carbocycles. The van der Waals surface area contributed by atoms with Gasteiger partial charge in [0.15, 0.2) is 5.79 Å². The van der Waals surface area contributed by atoms with Gasteiger partial charge in [0.1, 0.15) is 0 Å². The largest absolute Gasteiger partial charge is 0.396 e. The Kier molecular flexibility index (Phi) is 7.42. The van der Waals surface area contributed by atoms with Gasteiger partial charge in [-0.3, -0.25) is 0 Å². The monoisotopic (exact) mass is 280 g/mol. The summed E-state index contributed by atoms with van der Waals surface area (Å²) in [6.45, 7) is 8.01. The molecule has 0 amide bonds. The average Bonchev–Trinajstić information content (AvgIpc) is 2.42. The van der Waals surface area contributed by atoms with E-state index in [0.717, 1.165) is 0 Å². The van der Waals surface area contributed by atoms with Crippen molar-refractivity contribution in [3.63, 3.8) is 0 Å². The lowest BCUT2D eigenvalue weighted by Crippen LogP contribution is -2.46. The van der Waals surface area contributed by atoms with Crippen LogP contribution in [-0.2, 0) is 9.47 Å². The van der Waals surface area contributed by atoms with E-state index in [1.165, 1.54) is 0 Å². The molecule has 0 atom stereocenters. The standard InChI is InChI=1S/C8H16O3.C5H12O3/c1-7(2)10-5-8(3,4-9)6-11-7;1-5(2-6,3-7)4-8/h9H,4-6H2,1-3H3;6-8H,2-4H2,1H3. The first-order valence-electron chi connectivity index (χ1n) is 6.37. The number of ether oxygens (including phenoxy) is 2. The predicted octanol–water partition coefficient (Wildman–Crippen LogP) is -0.262. The first kappa shape index (κ1) is 18.8. The molecule has 1 saturated heterocycles. The van der Waals surface area contributed by atoms with Gasteiger partial charge >= 0.3 is 0 Å². The van der Waals surface area contributed by atoms with Crippen molar-refractivity contribution in [3.05, 3.63) is 0 Å². The molecular weight excluding hydrogens is 252 g/mol. The molecule has 0 unspecified atom stereocenters. The van der Waals surface area contributed by atoms with Gasteiger partial charge in [-0.2, -0.15) is 0 Å². The van der Waals surface area contributed by atoms with Crippen LogP contribution in [0.1, 0.15) is 27.7 Å². The zero-order valence-corrected chi connectivity index (χ0v) is 12.3. The number of rotatable bonds is 4. The van der Waals surface area contributed by atoms with Crippen molar-refractivity contribution >= 4 is 0 Å². The molecule has 116 valence electrons. The number of hydrogen-bond acceptors (Lipinski definition) is 6. The SMILES string of the molecule is CC(CO)(CO)CO.CC1(CO)COC(C)(C)OC1.